The zero-order valence-electron chi connectivity index (χ0n) is 11.2. The Kier molecular flexibility index (Phi) is 8.44. The lowest BCUT2D eigenvalue weighted by Gasteiger charge is -2.05. The highest BCUT2D eigenvalue weighted by Gasteiger charge is 1.93. The van der Waals surface area contributed by atoms with Crippen LogP contribution >= 0.6 is 0 Å². The third-order valence-electron chi connectivity index (χ3n) is 3.01. The van der Waals surface area contributed by atoms with E-state index in [9.17, 15) is 0 Å². The first-order chi connectivity index (χ1) is 8.43. The number of hydrogen-bond donors (Lipinski definition) is 0. The maximum Gasteiger partial charge on any atom is 0.119 e. The van der Waals surface area contributed by atoms with Crippen LogP contribution in [0.5, 0.6) is 5.75 Å². The number of benzene rings is 1. The maximum absolute atomic E-state index is 5.65. The van der Waals surface area contributed by atoms with Crippen LogP contribution in [0.4, 0.5) is 0 Å². The van der Waals surface area contributed by atoms with Gasteiger partial charge < -0.3 is 4.74 Å². The van der Waals surface area contributed by atoms with Gasteiger partial charge in [0.15, 0.2) is 0 Å². The first kappa shape index (κ1) is 14.1. The van der Waals surface area contributed by atoms with Crippen molar-refractivity contribution in [2.75, 3.05) is 6.61 Å². The highest BCUT2D eigenvalue weighted by molar-refractivity contribution is 5.20. The number of hydrogen-bond acceptors (Lipinski definition) is 1. The average molecular weight is 234 g/mol. The molecule has 0 amide bonds. The van der Waals surface area contributed by atoms with Crippen LogP contribution in [0.25, 0.3) is 0 Å². The van der Waals surface area contributed by atoms with Crippen molar-refractivity contribution >= 4 is 0 Å². The molecule has 0 atom stereocenters. The number of para-hydroxylation sites is 1. The molecule has 96 valence electrons. The van der Waals surface area contributed by atoms with Gasteiger partial charge in [-0.1, -0.05) is 70.1 Å². The summed E-state index contributed by atoms with van der Waals surface area (Å²) in [5.41, 5.74) is 0. The molecule has 0 saturated heterocycles. The second kappa shape index (κ2) is 10.2. The normalized spacial score (nSPS) is 10.4. The zero-order valence-corrected chi connectivity index (χ0v) is 11.2. The highest BCUT2D eigenvalue weighted by Crippen LogP contribution is 2.11. The van der Waals surface area contributed by atoms with E-state index < -0.39 is 0 Å². The standard InChI is InChI=1S/C16H26O/c1-2-3-4-5-6-7-8-12-15-17-16-13-10-9-11-14-16/h9-11,13-14H,2-8,12,15H2,1H3. The number of ether oxygens (including phenoxy) is 1. The van der Waals surface area contributed by atoms with Gasteiger partial charge in [-0.3, -0.25) is 0 Å². The number of rotatable bonds is 10. The highest BCUT2D eigenvalue weighted by atomic mass is 16.5. The van der Waals surface area contributed by atoms with Crippen molar-refractivity contribution in [3.05, 3.63) is 30.3 Å². The first-order valence-corrected chi connectivity index (χ1v) is 7.11. The molecule has 0 radical (unpaired) electrons. The molecule has 1 heteroatoms. The Morgan fingerprint density at radius 3 is 2.00 bits per heavy atom. The molecule has 0 spiro atoms. The largest absolute Gasteiger partial charge is 0.494 e. The van der Waals surface area contributed by atoms with E-state index in [-0.39, 0.29) is 0 Å². The Morgan fingerprint density at radius 2 is 1.35 bits per heavy atom. The fourth-order valence-corrected chi connectivity index (χ4v) is 1.94. The Bertz CT molecular complexity index is 255. The minimum atomic E-state index is 0.860. The van der Waals surface area contributed by atoms with Crippen molar-refractivity contribution in [3.8, 4) is 5.75 Å². The van der Waals surface area contributed by atoms with E-state index in [4.69, 9.17) is 4.74 Å². The summed E-state index contributed by atoms with van der Waals surface area (Å²) in [4.78, 5) is 0. The molecule has 1 nitrogen and oxygen atoms in total. The lowest BCUT2D eigenvalue weighted by atomic mass is 10.1. The Hall–Kier alpha value is -0.980. The SMILES string of the molecule is CCCCCCCCCCOc1ccccc1. The summed E-state index contributed by atoms with van der Waals surface area (Å²) in [5.74, 6) is 0.996. The second-order valence-corrected chi connectivity index (χ2v) is 4.64. The Labute approximate surface area is 106 Å². The van der Waals surface area contributed by atoms with Crippen LogP contribution in [0, 0.1) is 0 Å². The predicted molar refractivity (Wildman–Crippen MR) is 74.5 cm³/mol. The molecule has 0 fully saturated rings. The van der Waals surface area contributed by atoms with Gasteiger partial charge in [0.05, 0.1) is 6.61 Å². The van der Waals surface area contributed by atoms with Gasteiger partial charge in [0, 0.05) is 0 Å². The summed E-state index contributed by atoms with van der Waals surface area (Å²) in [5, 5.41) is 0. The van der Waals surface area contributed by atoms with Crippen LogP contribution in [0.3, 0.4) is 0 Å². The summed E-state index contributed by atoms with van der Waals surface area (Å²) in [6.07, 6.45) is 10.8. The van der Waals surface area contributed by atoms with E-state index in [2.05, 4.69) is 6.92 Å². The fraction of sp³-hybridized carbons (Fsp3) is 0.625. The lowest BCUT2D eigenvalue weighted by molar-refractivity contribution is 0.304. The van der Waals surface area contributed by atoms with E-state index in [1.54, 1.807) is 0 Å². The van der Waals surface area contributed by atoms with Crippen molar-refractivity contribution < 1.29 is 4.74 Å². The molecule has 1 rings (SSSR count). The van der Waals surface area contributed by atoms with Crippen molar-refractivity contribution in [2.45, 2.75) is 58.3 Å². The maximum atomic E-state index is 5.65. The van der Waals surface area contributed by atoms with Gasteiger partial charge in [0.1, 0.15) is 5.75 Å². The van der Waals surface area contributed by atoms with Gasteiger partial charge in [-0.25, -0.2) is 0 Å². The van der Waals surface area contributed by atoms with Crippen molar-refractivity contribution in [1.82, 2.24) is 0 Å². The molecule has 1 aromatic rings. The molecule has 0 N–H and O–H groups in total. The third kappa shape index (κ3) is 7.84. The monoisotopic (exact) mass is 234 g/mol. The van der Waals surface area contributed by atoms with E-state index in [0.29, 0.717) is 0 Å². The zero-order chi connectivity index (χ0) is 12.2. The topological polar surface area (TPSA) is 9.23 Å². The third-order valence-corrected chi connectivity index (χ3v) is 3.01. The van der Waals surface area contributed by atoms with Crippen LogP contribution in [0.1, 0.15) is 58.3 Å². The van der Waals surface area contributed by atoms with Crippen LogP contribution in [0.2, 0.25) is 0 Å². The van der Waals surface area contributed by atoms with E-state index in [1.807, 2.05) is 30.3 Å². The van der Waals surface area contributed by atoms with Gasteiger partial charge in [0.25, 0.3) is 0 Å². The Balaban J connectivity index is 1.85. The van der Waals surface area contributed by atoms with Gasteiger partial charge in [-0.2, -0.15) is 0 Å². The van der Waals surface area contributed by atoms with E-state index in [1.165, 1.54) is 51.4 Å². The van der Waals surface area contributed by atoms with Crippen molar-refractivity contribution in [1.29, 1.82) is 0 Å². The molecule has 0 bridgehead atoms. The predicted octanol–water partition coefficient (Wildman–Crippen LogP) is 5.21. The molecule has 0 unspecified atom stereocenters. The van der Waals surface area contributed by atoms with E-state index in [0.717, 1.165) is 12.4 Å². The van der Waals surface area contributed by atoms with Gasteiger partial charge in [0.2, 0.25) is 0 Å². The van der Waals surface area contributed by atoms with Crippen molar-refractivity contribution in [3.63, 3.8) is 0 Å². The molecular formula is C16H26O. The van der Waals surface area contributed by atoms with Crippen LogP contribution < -0.4 is 4.74 Å². The first-order valence-electron chi connectivity index (χ1n) is 7.11. The molecule has 0 aliphatic carbocycles. The second-order valence-electron chi connectivity index (χ2n) is 4.64. The van der Waals surface area contributed by atoms with Gasteiger partial charge in [-0.05, 0) is 18.6 Å². The molecule has 0 aliphatic rings. The summed E-state index contributed by atoms with van der Waals surface area (Å²) < 4.78 is 5.65. The fourth-order valence-electron chi connectivity index (χ4n) is 1.94. The summed E-state index contributed by atoms with van der Waals surface area (Å²) >= 11 is 0. The van der Waals surface area contributed by atoms with Gasteiger partial charge >= 0.3 is 0 Å². The molecule has 1 aromatic carbocycles. The smallest absolute Gasteiger partial charge is 0.119 e. The average Bonchev–Trinajstić information content (AvgIpc) is 2.38. The summed E-state index contributed by atoms with van der Waals surface area (Å²) in [7, 11) is 0. The molecule has 0 aromatic heterocycles. The number of unbranched alkanes of at least 4 members (excludes halogenated alkanes) is 7. The van der Waals surface area contributed by atoms with Crippen molar-refractivity contribution in [2.24, 2.45) is 0 Å². The minimum Gasteiger partial charge on any atom is -0.494 e. The Morgan fingerprint density at radius 1 is 0.765 bits per heavy atom. The molecule has 0 saturated carbocycles. The van der Waals surface area contributed by atoms with Crippen LogP contribution in [-0.4, -0.2) is 6.61 Å². The molecule has 0 aliphatic heterocycles. The quantitative estimate of drug-likeness (QED) is 0.505. The molecule has 0 heterocycles. The van der Waals surface area contributed by atoms with Crippen LogP contribution in [-0.2, 0) is 0 Å². The molecule has 17 heavy (non-hydrogen) atoms. The lowest BCUT2D eigenvalue weighted by Crippen LogP contribution is -1.96. The van der Waals surface area contributed by atoms with Crippen LogP contribution in [0.15, 0.2) is 30.3 Å². The van der Waals surface area contributed by atoms with E-state index >= 15 is 0 Å². The summed E-state index contributed by atoms with van der Waals surface area (Å²) in [6, 6.07) is 10.1. The van der Waals surface area contributed by atoms with Gasteiger partial charge in [-0.15, -0.1) is 0 Å². The minimum absolute atomic E-state index is 0.860. The molecular weight excluding hydrogens is 208 g/mol. The summed E-state index contributed by atoms with van der Waals surface area (Å²) in [6.45, 7) is 3.12.